The Morgan fingerprint density at radius 1 is 1.41 bits per heavy atom. The van der Waals surface area contributed by atoms with E-state index in [1.165, 1.54) is 10.4 Å². The van der Waals surface area contributed by atoms with E-state index in [9.17, 15) is 0 Å². The summed E-state index contributed by atoms with van der Waals surface area (Å²) in [6.45, 7) is 2.03. The van der Waals surface area contributed by atoms with Gasteiger partial charge in [0, 0.05) is 0 Å². The third-order valence-electron chi connectivity index (χ3n) is 2.24. The van der Waals surface area contributed by atoms with E-state index in [0.29, 0.717) is 0 Å². The molecule has 2 N–H and O–H groups in total. The fourth-order valence-corrected chi connectivity index (χ4v) is 11.2. The van der Waals surface area contributed by atoms with E-state index in [1.54, 1.807) is 11.3 Å². The molecule has 0 bridgehead atoms. The summed E-state index contributed by atoms with van der Waals surface area (Å²) in [4.78, 5) is 1.30. The summed E-state index contributed by atoms with van der Waals surface area (Å²) in [5.74, 6) is 2.04. The molecule has 0 spiro atoms. The molecule has 1 unspecified atom stereocenters. The number of thioether (sulfide) groups is 1. The van der Waals surface area contributed by atoms with Crippen molar-refractivity contribution in [1.82, 2.24) is 0 Å². The molecule has 1 heterocycles. The van der Waals surface area contributed by atoms with E-state index in [0.717, 1.165) is 22.4 Å². The van der Waals surface area contributed by atoms with Crippen molar-refractivity contribution < 1.29 is 0 Å². The number of thiophene rings is 1. The molecule has 17 heavy (non-hydrogen) atoms. The first-order chi connectivity index (χ1) is 7.90. The van der Waals surface area contributed by atoms with Gasteiger partial charge in [0.1, 0.15) is 0 Å². The summed E-state index contributed by atoms with van der Waals surface area (Å²) in [7, 11) is 17.7. The van der Waals surface area contributed by atoms with Crippen molar-refractivity contribution >= 4 is 64.9 Å². The van der Waals surface area contributed by atoms with Crippen LogP contribution in [0.1, 0.15) is 23.4 Å². The van der Waals surface area contributed by atoms with Gasteiger partial charge >= 0.3 is 128 Å². The summed E-state index contributed by atoms with van der Waals surface area (Å²) >= 11 is 0.507. The first-order valence-electron chi connectivity index (χ1n) is 5.36. The summed E-state index contributed by atoms with van der Waals surface area (Å²) in [5.41, 5.74) is 7.28. The van der Waals surface area contributed by atoms with Crippen molar-refractivity contribution in [2.75, 3.05) is 11.5 Å². The molecule has 0 aliphatic rings. The van der Waals surface area contributed by atoms with Crippen LogP contribution in [0.4, 0.5) is 0 Å². The predicted octanol–water partition coefficient (Wildman–Crippen LogP) is 4.70. The Morgan fingerprint density at radius 2 is 2.12 bits per heavy atom. The van der Waals surface area contributed by atoms with Crippen molar-refractivity contribution in [3.05, 3.63) is 21.9 Å². The van der Waals surface area contributed by atoms with E-state index in [2.05, 4.69) is 11.4 Å². The van der Waals surface area contributed by atoms with Gasteiger partial charge in [-0.05, 0) is 0 Å². The van der Waals surface area contributed by atoms with Gasteiger partial charge < -0.3 is 0 Å². The monoisotopic (exact) mass is 439 g/mol. The van der Waals surface area contributed by atoms with Crippen LogP contribution in [0.5, 0.6) is 0 Å². The molecule has 7 heteroatoms. The minimum atomic E-state index is -3.09. The molecular weight excluding hydrogens is 423 g/mol. The molecule has 1 aromatic rings. The minimum absolute atomic E-state index is 0.132. The van der Waals surface area contributed by atoms with Gasteiger partial charge in [-0.2, -0.15) is 0 Å². The van der Waals surface area contributed by atoms with E-state index in [-0.39, 0.29) is 6.04 Å². The molecule has 1 aromatic heterocycles. The van der Waals surface area contributed by atoms with Crippen LogP contribution in [0.2, 0.25) is 4.44 Å². The molecule has 0 aliphatic carbocycles. The molecule has 1 rings (SSSR count). The fourth-order valence-electron chi connectivity index (χ4n) is 1.43. The Morgan fingerprint density at radius 3 is 2.71 bits per heavy atom. The normalized spacial score (nSPS) is 13.9. The molecule has 1 nitrogen and oxygen atoms in total. The molecule has 0 radical (unpaired) electrons. The van der Waals surface area contributed by atoms with Gasteiger partial charge in [0.15, 0.2) is 0 Å². The molecule has 0 saturated carbocycles. The van der Waals surface area contributed by atoms with Gasteiger partial charge in [-0.25, -0.2) is 0 Å². The number of rotatable bonds is 7. The van der Waals surface area contributed by atoms with E-state index in [1.807, 2.05) is 18.7 Å². The van der Waals surface area contributed by atoms with Crippen LogP contribution in [0.25, 0.3) is 0 Å². The summed E-state index contributed by atoms with van der Waals surface area (Å²) in [5, 5.41) is 2.11. The first-order valence-corrected chi connectivity index (χ1v) is 20.3. The van der Waals surface area contributed by atoms with Gasteiger partial charge in [0.25, 0.3) is 0 Å². The second-order valence-electron chi connectivity index (χ2n) is 3.83. The quantitative estimate of drug-likeness (QED) is 0.493. The van der Waals surface area contributed by atoms with Gasteiger partial charge in [-0.1, -0.05) is 0 Å². The van der Waals surface area contributed by atoms with Crippen molar-refractivity contribution in [3.8, 4) is 0 Å². The molecule has 0 aromatic carbocycles. The Hall–Kier alpha value is 1.68. The molecule has 1 atom stereocenters. The molecular formula is C10H16Cl3NS2Sn. The number of halogens is 3. The van der Waals surface area contributed by atoms with Gasteiger partial charge in [-0.15, -0.1) is 0 Å². The van der Waals surface area contributed by atoms with E-state index < -0.39 is 15.0 Å². The second kappa shape index (κ2) is 8.07. The Labute approximate surface area is 126 Å². The zero-order chi connectivity index (χ0) is 12.9. The average molecular weight is 439 g/mol. The second-order valence-corrected chi connectivity index (χ2v) is 27.8. The van der Waals surface area contributed by atoms with Crippen LogP contribution < -0.4 is 5.73 Å². The third kappa shape index (κ3) is 7.14. The SMILES string of the molecule is CC(N)c1sccc1CCSC[CH2][Sn]([Cl])([Cl])[Cl]. The van der Waals surface area contributed by atoms with E-state index >= 15 is 0 Å². The molecule has 0 aliphatic heterocycles. The van der Waals surface area contributed by atoms with E-state index in [4.69, 9.17) is 32.5 Å². The zero-order valence-electron chi connectivity index (χ0n) is 9.59. The van der Waals surface area contributed by atoms with Gasteiger partial charge in [-0.3, -0.25) is 0 Å². The topological polar surface area (TPSA) is 26.0 Å². The van der Waals surface area contributed by atoms with Crippen LogP contribution in [-0.2, 0) is 6.42 Å². The zero-order valence-corrected chi connectivity index (χ0v) is 16.3. The summed E-state index contributed by atoms with van der Waals surface area (Å²) < 4.78 is 0.799. The number of nitrogens with two attached hydrogens (primary N) is 1. The maximum absolute atomic E-state index is 5.91. The molecule has 0 fully saturated rings. The van der Waals surface area contributed by atoms with Crippen LogP contribution in [0.15, 0.2) is 11.4 Å². The fraction of sp³-hybridized carbons (Fsp3) is 0.600. The summed E-state index contributed by atoms with van der Waals surface area (Å²) in [6.07, 6.45) is 1.06. The van der Waals surface area contributed by atoms with Crippen molar-refractivity contribution in [1.29, 1.82) is 0 Å². The van der Waals surface area contributed by atoms with Crippen molar-refractivity contribution in [3.63, 3.8) is 0 Å². The molecule has 0 amide bonds. The molecule has 0 saturated heterocycles. The van der Waals surface area contributed by atoms with Crippen molar-refractivity contribution in [2.24, 2.45) is 5.73 Å². The van der Waals surface area contributed by atoms with Gasteiger partial charge in [0.05, 0.1) is 0 Å². The van der Waals surface area contributed by atoms with Crippen LogP contribution >= 0.6 is 49.9 Å². The number of aryl methyl sites for hydroxylation is 1. The van der Waals surface area contributed by atoms with Crippen LogP contribution in [0.3, 0.4) is 0 Å². The standard InChI is InChI=1S/C10H16NS2.3ClH.Sn/c1-3-12-6-4-9-5-7-13-10(9)8(2)11;;;;/h5,7-8H,1,3-4,6,11H2,2H3;3*1H;/q;;;;+3/p-3. The predicted molar refractivity (Wildman–Crippen MR) is 86.1 cm³/mol. The first kappa shape index (κ1) is 16.7. The average Bonchev–Trinajstić information content (AvgIpc) is 2.63. The van der Waals surface area contributed by atoms with Gasteiger partial charge in [0.2, 0.25) is 0 Å². The number of hydrogen-bond donors (Lipinski definition) is 1. The van der Waals surface area contributed by atoms with Crippen LogP contribution in [0, 0.1) is 0 Å². The van der Waals surface area contributed by atoms with Crippen LogP contribution in [-0.4, -0.2) is 26.5 Å². The molecule has 98 valence electrons. The number of hydrogen-bond acceptors (Lipinski definition) is 3. The summed E-state index contributed by atoms with van der Waals surface area (Å²) in [6, 6.07) is 2.30. The Balaban J connectivity index is 2.25. The third-order valence-corrected chi connectivity index (χ3v) is 11.6. The van der Waals surface area contributed by atoms with Crippen molar-refractivity contribution in [2.45, 2.75) is 23.8 Å². The Bertz CT molecular complexity index is 339. The Kier molecular flexibility index (Phi) is 7.95. The maximum atomic E-state index is 5.91.